The average molecular weight is 401 g/mol. The quantitative estimate of drug-likeness (QED) is 0.717. The molecule has 0 bridgehead atoms. The van der Waals surface area contributed by atoms with Crippen LogP contribution in [0.4, 0.5) is 30.2 Å². The number of rotatable bonds is 5. The molecule has 0 heterocycles. The molecule has 0 aliphatic rings. The highest BCUT2D eigenvalue weighted by Gasteiger charge is 2.38. The molecule has 0 atom stereocenters. The summed E-state index contributed by atoms with van der Waals surface area (Å²) in [6.07, 6.45) is -4.04. The number of anilines is 3. The second-order valence-electron chi connectivity index (χ2n) is 5.44. The Kier molecular flexibility index (Phi) is 5.74. The van der Waals surface area contributed by atoms with Crippen molar-refractivity contribution in [1.29, 1.82) is 0 Å². The molecule has 0 fully saturated rings. The van der Waals surface area contributed by atoms with Crippen molar-refractivity contribution in [2.45, 2.75) is 6.18 Å². The van der Waals surface area contributed by atoms with E-state index in [1.807, 2.05) is 0 Å². The molecule has 11 heteroatoms. The average Bonchev–Trinajstić information content (AvgIpc) is 2.53. The Morgan fingerprint density at radius 3 is 1.96 bits per heavy atom. The van der Waals surface area contributed by atoms with Gasteiger partial charge in [-0.15, -0.1) is 0 Å². The van der Waals surface area contributed by atoms with Gasteiger partial charge in [0.25, 0.3) is 5.91 Å². The summed E-state index contributed by atoms with van der Waals surface area (Å²) in [5.41, 5.74) is 0.492. The molecule has 7 nitrogen and oxygen atoms in total. The third-order valence-electron chi connectivity index (χ3n) is 3.09. The zero-order chi connectivity index (χ0) is 20.2. The summed E-state index contributed by atoms with van der Waals surface area (Å²) in [5, 5.41) is 4.15. The van der Waals surface area contributed by atoms with E-state index in [0.29, 0.717) is 0 Å². The third-order valence-corrected chi connectivity index (χ3v) is 3.69. The van der Waals surface area contributed by atoms with E-state index in [4.69, 9.17) is 0 Å². The molecule has 0 aliphatic carbocycles. The van der Waals surface area contributed by atoms with Crippen molar-refractivity contribution in [2.75, 3.05) is 21.6 Å². The molecule has 0 radical (unpaired) electrons. The van der Waals surface area contributed by atoms with Gasteiger partial charge in [-0.05, 0) is 42.5 Å². The van der Waals surface area contributed by atoms with Crippen LogP contribution in [0.2, 0.25) is 0 Å². The van der Waals surface area contributed by atoms with E-state index in [9.17, 15) is 31.2 Å². The van der Waals surface area contributed by atoms with Crippen LogP contribution in [-0.2, 0) is 14.8 Å². The normalized spacial score (nSPS) is 11.6. The Balaban J connectivity index is 2.07. The van der Waals surface area contributed by atoms with Crippen LogP contribution >= 0.6 is 0 Å². The fourth-order valence-electron chi connectivity index (χ4n) is 1.98. The van der Waals surface area contributed by atoms with E-state index >= 15 is 0 Å². The summed E-state index contributed by atoms with van der Waals surface area (Å²) < 4.78 is 61.4. The summed E-state index contributed by atoms with van der Waals surface area (Å²) in [7, 11) is -3.45. The molecular weight excluding hydrogens is 387 g/mol. The van der Waals surface area contributed by atoms with Crippen LogP contribution in [0, 0.1) is 0 Å². The lowest BCUT2D eigenvalue weighted by atomic mass is 10.2. The number of hydrogen-bond acceptors (Lipinski definition) is 4. The molecule has 0 aromatic heterocycles. The molecule has 2 aromatic rings. The Morgan fingerprint density at radius 2 is 1.44 bits per heavy atom. The van der Waals surface area contributed by atoms with Gasteiger partial charge in [0.15, 0.2) is 0 Å². The number of hydrogen-bond donors (Lipinski definition) is 3. The van der Waals surface area contributed by atoms with E-state index in [-0.39, 0.29) is 22.6 Å². The monoisotopic (exact) mass is 401 g/mol. The lowest BCUT2D eigenvalue weighted by Crippen LogP contribution is -2.29. The zero-order valence-electron chi connectivity index (χ0n) is 13.8. The van der Waals surface area contributed by atoms with Crippen molar-refractivity contribution in [3.8, 4) is 0 Å². The number of alkyl halides is 3. The van der Waals surface area contributed by atoms with Crippen LogP contribution in [0.15, 0.2) is 48.5 Å². The highest BCUT2D eigenvalue weighted by atomic mass is 32.2. The predicted molar refractivity (Wildman–Crippen MR) is 94.0 cm³/mol. The largest absolute Gasteiger partial charge is 0.471 e. The molecular formula is C16H14F3N3O4S. The van der Waals surface area contributed by atoms with E-state index in [1.165, 1.54) is 48.5 Å². The van der Waals surface area contributed by atoms with E-state index < -0.39 is 28.0 Å². The Hall–Kier alpha value is -3.08. The van der Waals surface area contributed by atoms with E-state index in [1.54, 1.807) is 5.32 Å². The minimum Gasteiger partial charge on any atom is -0.322 e. The van der Waals surface area contributed by atoms with Crippen LogP contribution < -0.4 is 15.4 Å². The first-order valence-electron chi connectivity index (χ1n) is 7.31. The van der Waals surface area contributed by atoms with Crippen LogP contribution in [0.25, 0.3) is 0 Å². The van der Waals surface area contributed by atoms with Gasteiger partial charge >= 0.3 is 12.1 Å². The van der Waals surface area contributed by atoms with Gasteiger partial charge in [-0.2, -0.15) is 13.2 Å². The summed E-state index contributed by atoms with van der Waals surface area (Å²) in [6.45, 7) is 0. The van der Waals surface area contributed by atoms with Gasteiger partial charge in [-0.25, -0.2) is 8.42 Å². The lowest BCUT2D eigenvalue weighted by Gasteiger charge is -2.10. The molecule has 0 saturated carbocycles. The molecule has 27 heavy (non-hydrogen) atoms. The van der Waals surface area contributed by atoms with Crippen molar-refractivity contribution in [3.63, 3.8) is 0 Å². The predicted octanol–water partition coefficient (Wildman–Crippen LogP) is 2.81. The Bertz CT molecular complexity index is 958. The van der Waals surface area contributed by atoms with Gasteiger partial charge in [-0.1, -0.05) is 6.07 Å². The second-order valence-corrected chi connectivity index (χ2v) is 7.19. The van der Waals surface area contributed by atoms with E-state index in [0.717, 1.165) is 6.26 Å². The van der Waals surface area contributed by atoms with E-state index in [2.05, 4.69) is 10.0 Å². The number of benzene rings is 2. The maximum absolute atomic E-state index is 12.3. The highest BCUT2D eigenvalue weighted by Crippen LogP contribution is 2.21. The molecule has 2 aromatic carbocycles. The summed E-state index contributed by atoms with van der Waals surface area (Å²) in [4.78, 5) is 23.1. The minimum absolute atomic E-state index is 0.136. The first-order chi connectivity index (χ1) is 12.4. The summed E-state index contributed by atoms with van der Waals surface area (Å²) >= 11 is 0. The molecule has 0 aliphatic heterocycles. The van der Waals surface area contributed by atoms with Crippen LogP contribution in [0.5, 0.6) is 0 Å². The number of carbonyl (C=O) groups excluding carboxylic acids is 2. The first kappa shape index (κ1) is 20.2. The number of sulfonamides is 1. The standard InChI is InChI=1S/C16H14F3N3O4S/c1-27(25,26)22-11-7-5-10(6-8-11)14(23)20-12-3-2-4-13(9-12)21-15(24)16(17,18)19/h2-9,22H,1H3,(H,20,23)(H,21,24). The molecule has 0 saturated heterocycles. The number of amides is 2. The lowest BCUT2D eigenvalue weighted by molar-refractivity contribution is -0.167. The van der Waals surface area contributed by atoms with Crippen molar-refractivity contribution < 1.29 is 31.2 Å². The van der Waals surface area contributed by atoms with Crippen molar-refractivity contribution in [1.82, 2.24) is 0 Å². The Morgan fingerprint density at radius 1 is 0.889 bits per heavy atom. The van der Waals surface area contributed by atoms with Crippen LogP contribution in [-0.4, -0.2) is 32.7 Å². The zero-order valence-corrected chi connectivity index (χ0v) is 14.6. The highest BCUT2D eigenvalue weighted by molar-refractivity contribution is 7.92. The second kappa shape index (κ2) is 7.66. The molecule has 0 unspecified atom stereocenters. The fraction of sp³-hybridized carbons (Fsp3) is 0.125. The van der Waals surface area contributed by atoms with Crippen LogP contribution in [0.1, 0.15) is 10.4 Å². The topological polar surface area (TPSA) is 104 Å². The van der Waals surface area contributed by atoms with Crippen molar-refractivity contribution >= 4 is 38.9 Å². The maximum atomic E-state index is 12.3. The third kappa shape index (κ3) is 6.29. The number of carbonyl (C=O) groups is 2. The molecule has 2 rings (SSSR count). The Labute approximate surface area is 152 Å². The van der Waals surface area contributed by atoms with Crippen molar-refractivity contribution in [3.05, 3.63) is 54.1 Å². The SMILES string of the molecule is CS(=O)(=O)Nc1ccc(C(=O)Nc2cccc(NC(=O)C(F)(F)F)c2)cc1. The minimum atomic E-state index is -5.03. The first-order valence-corrected chi connectivity index (χ1v) is 9.21. The number of halogens is 3. The van der Waals surface area contributed by atoms with Gasteiger partial charge < -0.3 is 10.6 Å². The van der Waals surface area contributed by atoms with Crippen LogP contribution in [0.3, 0.4) is 0 Å². The summed E-state index contributed by atoms with van der Waals surface area (Å²) in [5.74, 6) is -2.69. The van der Waals surface area contributed by atoms with Gasteiger partial charge in [0.05, 0.1) is 6.26 Å². The summed E-state index contributed by atoms with van der Waals surface area (Å²) in [6, 6.07) is 10.7. The van der Waals surface area contributed by atoms with Crippen molar-refractivity contribution in [2.24, 2.45) is 0 Å². The van der Waals surface area contributed by atoms with Gasteiger partial charge in [0.2, 0.25) is 10.0 Å². The number of nitrogens with one attached hydrogen (secondary N) is 3. The van der Waals surface area contributed by atoms with Gasteiger partial charge in [0, 0.05) is 22.6 Å². The fourth-order valence-corrected chi connectivity index (χ4v) is 2.55. The molecule has 2 amide bonds. The molecule has 144 valence electrons. The smallest absolute Gasteiger partial charge is 0.322 e. The molecule has 0 spiro atoms. The maximum Gasteiger partial charge on any atom is 0.471 e. The van der Waals surface area contributed by atoms with Gasteiger partial charge in [0.1, 0.15) is 0 Å². The molecule has 3 N–H and O–H groups in total. The van der Waals surface area contributed by atoms with Gasteiger partial charge in [-0.3, -0.25) is 14.3 Å².